The maximum Gasteiger partial charge on any atom is 0.221 e. The first-order valence-corrected chi connectivity index (χ1v) is 6.34. The van der Waals surface area contributed by atoms with Crippen LogP contribution in [-0.4, -0.2) is 5.91 Å². The van der Waals surface area contributed by atoms with Crippen LogP contribution >= 0.6 is 11.6 Å². The van der Waals surface area contributed by atoms with E-state index in [-0.39, 0.29) is 5.91 Å². The summed E-state index contributed by atoms with van der Waals surface area (Å²) in [5.41, 5.74) is 3.70. The monoisotopic (exact) mass is 274 g/mol. The molecule has 0 spiro atoms. The van der Waals surface area contributed by atoms with Crippen molar-refractivity contribution in [2.75, 3.05) is 10.6 Å². The van der Waals surface area contributed by atoms with Crippen LogP contribution in [0.15, 0.2) is 42.5 Å². The molecule has 19 heavy (non-hydrogen) atoms. The van der Waals surface area contributed by atoms with E-state index in [4.69, 9.17) is 11.6 Å². The molecule has 0 radical (unpaired) electrons. The van der Waals surface area contributed by atoms with Crippen LogP contribution in [-0.2, 0) is 4.79 Å². The molecule has 98 valence electrons. The van der Waals surface area contributed by atoms with Crippen LogP contribution in [0.2, 0.25) is 5.02 Å². The second kappa shape index (κ2) is 5.76. The quantitative estimate of drug-likeness (QED) is 0.874. The number of nitrogens with one attached hydrogen (secondary N) is 2. The minimum absolute atomic E-state index is 0.0774. The molecule has 2 rings (SSSR count). The fourth-order valence-corrected chi connectivity index (χ4v) is 1.91. The maximum absolute atomic E-state index is 10.9. The highest BCUT2D eigenvalue weighted by molar-refractivity contribution is 6.31. The molecule has 0 saturated carbocycles. The van der Waals surface area contributed by atoms with E-state index in [1.54, 1.807) is 0 Å². The molecule has 2 aromatic rings. The fourth-order valence-electron chi connectivity index (χ4n) is 1.74. The molecule has 0 bridgehead atoms. The van der Waals surface area contributed by atoms with Gasteiger partial charge in [-0.05, 0) is 48.9 Å². The molecule has 0 saturated heterocycles. The van der Waals surface area contributed by atoms with Gasteiger partial charge in [0.15, 0.2) is 0 Å². The number of hydrogen-bond donors (Lipinski definition) is 2. The van der Waals surface area contributed by atoms with Crippen molar-refractivity contribution >= 4 is 34.6 Å². The third-order valence-corrected chi connectivity index (χ3v) is 3.16. The lowest BCUT2D eigenvalue weighted by atomic mass is 10.2. The van der Waals surface area contributed by atoms with Gasteiger partial charge in [0.05, 0.1) is 0 Å². The number of anilines is 3. The molecule has 0 unspecified atom stereocenters. The molecule has 1 amide bonds. The number of carbonyl (C=O) groups excluding carboxylic acids is 1. The van der Waals surface area contributed by atoms with Gasteiger partial charge in [-0.15, -0.1) is 0 Å². The van der Waals surface area contributed by atoms with E-state index in [0.717, 1.165) is 27.6 Å². The SMILES string of the molecule is CC(=O)Nc1ccc(Nc2cccc(Cl)c2C)cc1. The van der Waals surface area contributed by atoms with Gasteiger partial charge < -0.3 is 10.6 Å². The number of benzene rings is 2. The summed E-state index contributed by atoms with van der Waals surface area (Å²) in [5.74, 6) is -0.0774. The zero-order valence-electron chi connectivity index (χ0n) is 10.8. The smallest absolute Gasteiger partial charge is 0.221 e. The summed E-state index contributed by atoms with van der Waals surface area (Å²) in [6.45, 7) is 3.46. The molecule has 0 heterocycles. The van der Waals surface area contributed by atoms with E-state index in [2.05, 4.69) is 10.6 Å². The van der Waals surface area contributed by atoms with Crippen molar-refractivity contribution < 1.29 is 4.79 Å². The molecule has 0 atom stereocenters. The van der Waals surface area contributed by atoms with Crippen LogP contribution in [0, 0.1) is 6.92 Å². The van der Waals surface area contributed by atoms with Crippen LogP contribution in [0.25, 0.3) is 0 Å². The predicted octanol–water partition coefficient (Wildman–Crippen LogP) is 4.35. The van der Waals surface area contributed by atoms with E-state index in [9.17, 15) is 4.79 Å². The third-order valence-electron chi connectivity index (χ3n) is 2.75. The Hall–Kier alpha value is -2.00. The van der Waals surface area contributed by atoms with Crippen LogP contribution in [0.5, 0.6) is 0 Å². The molecule has 2 aromatic carbocycles. The van der Waals surface area contributed by atoms with E-state index in [0.29, 0.717) is 0 Å². The lowest BCUT2D eigenvalue weighted by molar-refractivity contribution is -0.114. The van der Waals surface area contributed by atoms with Crippen molar-refractivity contribution in [3.63, 3.8) is 0 Å². The largest absolute Gasteiger partial charge is 0.355 e. The topological polar surface area (TPSA) is 41.1 Å². The van der Waals surface area contributed by atoms with Crippen molar-refractivity contribution in [1.29, 1.82) is 0 Å². The third kappa shape index (κ3) is 3.48. The van der Waals surface area contributed by atoms with Gasteiger partial charge in [0.25, 0.3) is 0 Å². The van der Waals surface area contributed by atoms with Crippen molar-refractivity contribution in [3.05, 3.63) is 53.1 Å². The lowest BCUT2D eigenvalue weighted by Gasteiger charge is -2.11. The highest BCUT2D eigenvalue weighted by atomic mass is 35.5. The van der Waals surface area contributed by atoms with Gasteiger partial charge in [-0.3, -0.25) is 4.79 Å². The van der Waals surface area contributed by atoms with Crippen molar-refractivity contribution in [3.8, 4) is 0 Å². The molecule has 0 aromatic heterocycles. The first-order chi connectivity index (χ1) is 9.06. The Morgan fingerprint density at radius 1 is 1.05 bits per heavy atom. The summed E-state index contributed by atoms with van der Waals surface area (Å²) in [6, 6.07) is 13.3. The first-order valence-electron chi connectivity index (χ1n) is 5.96. The highest BCUT2D eigenvalue weighted by Crippen LogP contribution is 2.26. The van der Waals surface area contributed by atoms with Gasteiger partial charge >= 0.3 is 0 Å². The average Bonchev–Trinajstić information content (AvgIpc) is 2.37. The molecule has 0 aliphatic carbocycles. The zero-order chi connectivity index (χ0) is 13.8. The van der Waals surface area contributed by atoms with E-state index >= 15 is 0 Å². The normalized spacial score (nSPS) is 10.1. The molecule has 0 fully saturated rings. The van der Waals surface area contributed by atoms with Crippen LogP contribution < -0.4 is 10.6 Å². The molecule has 2 N–H and O–H groups in total. The summed E-state index contributed by atoms with van der Waals surface area (Å²) in [4.78, 5) is 10.9. The number of rotatable bonds is 3. The van der Waals surface area contributed by atoms with E-state index in [1.807, 2.05) is 49.4 Å². The van der Waals surface area contributed by atoms with Gasteiger partial charge in [-0.25, -0.2) is 0 Å². The molecule has 0 aliphatic rings. The fraction of sp³-hybridized carbons (Fsp3) is 0.133. The van der Waals surface area contributed by atoms with Gasteiger partial charge in [-0.1, -0.05) is 17.7 Å². The average molecular weight is 275 g/mol. The summed E-state index contributed by atoms with van der Waals surface area (Å²) in [7, 11) is 0. The molecule has 0 aliphatic heterocycles. The number of amides is 1. The van der Waals surface area contributed by atoms with Crippen molar-refractivity contribution in [2.24, 2.45) is 0 Å². The van der Waals surface area contributed by atoms with Crippen LogP contribution in [0.1, 0.15) is 12.5 Å². The Bertz CT molecular complexity index is 594. The Balaban J connectivity index is 2.15. The Morgan fingerprint density at radius 3 is 2.32 bits per heavy atom. The first kappa shape index (κ1) is 13.4. The molecular formula is C15H15ClN2O. The number of halogens is 1. The van der Waals surface area contributed by atoms with E-state index < -0.39 is 0 Å². The Kier molecular flexibility index (Phi) is 4.07. The highest BCUT2D eigenvalue weighted by Gasteiger charge is 2.02. The molecule has 4 heteroatoms. The van der Waals surface area contributed by atoms with E-state index in [1.165, 1.54) is 6.92 Å². The van der Waals surface area contributed by atoms with Crippen molar-refractivity contribution in [1.82, 2.24) is 0 Å². The Labute approximate surface area is 117 Å². The van der Waals surface area contributed by atoms with Crippen LogP contribution in [0.3, 0.4) is 0 Å². The van der Waals surface area contributed by atoms with Crippen LogP contribution in [0.4, 0.5) is 17.1 Å². The Morgan fingerprint density at radius 2 is 1.68 bits per heavy atom. The minimum Gasteiger partial charge on any atom is -0.355 e. The van der Waals surface area contributed by atoms with Crippen molar-refractivity contribution in [2.45, 2.75) is 13.8 Å². The zero-order valence-corrected chi connectivity index (χ0v) is 11.6. The lowest BCUT2D eigenvalue weighted by Crippen LogP contribution is -2.05. The molecular weight excluding hydrogens is 260 g/mol. The second-order valence-electron chi connectivity index (χ2n) is 4.30. The number of carbonyl (C=O) groups is 1. The summed E-state index contributed by atoms with van der Waals surface area (Å²) >= 11 is 6.08. The summed E-state index contributed by atoms with van der Waals surface area (Å²) < 4.78 is 0. The minimum atomic E-state index is -0.0774. The molecule has 3 nitrogen and oxygen atoms in total. The number of hydrogen-bond acceptors (Lipinski definition) is 2. The van der Waals surface area contributed by atoms with Gasteiger partial charge in [0, 0.05) is 29.0 Å². The second-order valence-corrected chi connectivity index (χ2v) is 4.70. The summed E-state index contributed by atoms with van der Waals surface area (Å²) in [6.07, 6.45) is 0. The van der Waals surface area contributed by atoms with Gasteiger partial charge in [0.1, 0.15) is 0 Å². The van der Waals surface area contributed by atoms with Gasteiger partial charge in [0.2, 0.25) is 5.91 Å². The standard InChI is InChI=1S/C15H15ClN2O/c1-10-14(16)4-3-5-15(10)18-13-8-6-12(7-9-13)17-11(2)19/h3-9,18H,1-2H3,(H,17,19). The van der Waals surface area contributed by atoms with Gasteiger partial charge in [-0.2, -0.15) is 0 Å². The predicted molar refractivity (Wildman–Crippen MR) is 80.2 cm³/mol. The summed E-state index contributed by atoms with van der Waals surface area (Å²) in [5, 5.41) is 6.76. The maximum atomic E-state index is 10.9.